The van der Waals surface area contributed by atoms with E-state index in [-0.39, 0.29) is 0 Å². The summed E-state index contributed by atoms with van der Waals surface area (Å²) in [7, 11) is 0. The Morgan fingerprint density at radius 2 is 0.941 bits per heavy atom. The van der Waals surface area contributed by atoms with Crippen molar-refractivity contribution in [3.8, 4) is 0 Å². The van der Waals surface area contributed by atoms with Gasteiger partial charge in [0.15, 0.2) is 0 Å². The fraction of sp³-hybridized carbons (Fsp3) is 0. The molecule has 7 heteroatoms. The van der Waals surface area contributed by atoms with Crippen LogP contribution in [-0.4, -0.2) is 0 Å². The van der Waals surface area contributed by atoms with Crippen LogP contribution in [0.4, 0.5) is 0 Å². The van der Waals surface area contributed by atoms with Gasteiger partial charge in [0.1, 0.15) is 0 Å². The highest BCUT2D eigenvalue weighted by molar-refractivity contribution is 14.1. The molecule has 0 radical (unpaired) electrons. The van der Waals surface area contributed by atoms with Gasteiger partial charge in [0.05, 0.1) is 0 Å². The minimum Gasteiger partial charge on any atom is -0.0436 e. The van der Waals surface area contributed by atoms with E-state index in [1.807, 2.05) is 0 Å². The van der Waals surface area contributed by atoms with Gasteiger partial charge in [-0.15, -0.1) is 0 Å². The summed E-state index contributed by atoms with van der Waals surface area (Å²) in [6, 6.07) is 2.27. The highest BCUT2D eigenvalue weighted by atomic mass is 127. The molecule has 0 aliphatic carbocycles. The molecule has 0 aliphatic rings. The smallest absolute Gasteiger partial charge is 0.0415 e. The molecule has 0 saturated heterocycles. The van der Waals surface area contributed by atoms with Gasteiger partial charge in [0, 0.05) is 35.8 Å². The Bertz CT molecular complexity index is 633. The van der Waals surface area contributed by atoms with Crippen molar-refractivity contribution < 1.29 is 0 Å². The maximum absolute atomic E-state index is 2.48. The Morgan fingerprint density at radius 3 is 1.47 bits per heavy atom. The fourth-order valence-corrected chi connectivity index (χ4v) is 8.93. The van der Waals surface area contributed by atoms with Crippen LogP contribution in [0.3, 0.4) is 0 Å². The molecule has 0 bridgehead atoms. The molecule has 2 aromatic rings. The SMILES string of the molecule is Ic1cc(I)c2c(I)c(I)c(I)c(I)c2c1I. The van der Waals surface area contributed by atoms with E-state index in [2.05, 4.69) is 164 Å². The molecule has 0 spiro atoms. The second-order valence-electron chi connectivity index (χ2n) is 3.16. The summed E-state index contributed by atoms with van der Waals surface area (Å²) in [6.07, 6.45) is 0. The molecule has 2 rings (SSSR count). The molecular formula is C10HI7. The van der Waals surface area contributed by atoms with Crippen molar-refractivity contribution >= 4 is 169 Å². The van der Waals surface area contributed by atoms with E-state index in [9.17, 15) is 0 Å². The number of hydrogen-bond donors (Lipinski definition) is 0. The summed E-state index contributed by atoms with van der Waals surface area (Å²) < 4.78 is 9.55. The maximum atomic E-state index is 2.48. The first-order valence-corrected chi connectivity index (χ1v) is 11.7. The maximum Gasteiger partial charge on any atom is 0.0415 e. The molecule has 0 saturated carbocycles. The second kappa shape index (κ2) is 6.93. The minimum atomic E-state index is 1.34. The quantitative estimate of drug-likeness (QED) is 0.151. The van der Waals surface area contributed by atoms with E-state index < -0.39 is 0 Å². The summed E-state index contributed by atoms with van der Waals surface area (Å²) in [4.78, 5) is 0. The minimum absolute atomic E-state index is 1.34. The molecule has 0 unspecified atom stereocenters. The molecule has 17 heavy (non-hydrogen) atoms. The van der Waals surface area contributed by atoms with Crippen LogP contribution in [0.2, 0.25) is 0 Å². The third-order valence-corrected chi connectivity index (χ3v) is 13.5. The first-order chi connectivity index (χ1) is 7.86. The van der Waals surface area contributed by atoms with Crippen molar-refractivity contribution in [1.29, 1.82) is 0 Å². The van der Waals surface area contributed by atoms with E-state index in [1.54, 1.807) is 0 Å². The first kappa shape index (κ1) is 17.2. The van der Waals surface area contributed by atoms with Crippen LogP contribution in [0.5, 0.6) is 0 Å². The van der Waals surface area contributed by atoms with Crippen molar-refractivity contribution in [3.63, 3.8) is 0 Å². The Hall–Kier alpha value is 3.81. The largest absolute Gasteiger partial charge is 0.0436 e. The van der Waals surface area contributed by atoms with E-state index >= 15 is 0 Å². The van der Waals surface area contributed by atoms with Gasteiger partial charge in [0.2, 0.25) is 0 Å². The average Bonchev–Trinajstić information content (AvgIpc) is 2.28. The van der Waals surface area contributed by atoms with Crippen LogP contribution in [0.1, 0.15) is 0 Å². The van der Waals surface area contributed by atoms with Crippen LogP contribution in [0.25, 0.3) is 10.8 Å². The topological polar surface area (TPSA) is 0 Å². The predicted octanol–water partition coefficient (Wildman–Crippen LogP) is 7.07. The number of benzene rings is 2. The van der Waals surface area contributed by atoms with Gasteiger partial charge in [0.25, 0.3) is 0 Å². The van der Waals surface area contributed by atoms with Crippen LogP contribution in [-0.2, 0) is 0 Å². The van der Waals surface area contributed by atoms with Crippen molar-refractivity contribution in [2.45, 2.75) is 0 Å². The lowest BCUT2D eigenvalue weighted by molar-refractivity contribution is 1.50. The highest BCUT2D eigenvalue weighted by Crippen LogP contribution is 2.40. The monoisotopic (exact) mass is 1010 g/mol. The summed E-state index contributed by atoms with van der Waals surface area (Å²) >= 11 is 17.2. The van der Waals surface area contributed by atoms with Gasteiger partial charge < -0.3 is 0 Å². The third kappa shape index (κ3) is 3.27. The third-order valence-electron chi connectivity index (χ3n) is 2.19. The van der Waals surface area contributed by atoms with E-state index in [0.717, 1.165) is 0 Å². The highest BCUT2D eigenvalue weighted by Gasteiger charge is 2.18. The van der Waals surface area contributed by atoms with Crippen LogP contribution in [0.15, 0.2) is 6.07 Å². The molecule has 0 amide bonds. The van der Waals surface area contributed by atoms with Gasteiger partial charge >= 0.3 is 0 Å². The first-order valence-electron chi connectivity index (χ1n) is 4.15. The Labute approximate surface area is 195 Å². The number of hydrogen-bond acceptors (Lipinski definition) is 0. The van der Waals surface area contributed by atoms with Crippen molar-refractivity contribution in [2.75, 3.05) is 0 Å². The van der Waals surface area contributed by atoms with Crippen LogP contribution >= 0.6 is 158 Å². The normalized spacial score (nSPS) is 11.2. The van der Waals surface area contributed by atoms with Crippen molar-refractivity contribution in [2.24, 2.45) is 0 Å². The molecule has 90 valence electrons. The summed E-state index contributed by atoms with van der Waals surface area (Å²) in [5, 5.41) is 2.82. The van der Waals surface area contributed by atoms with E-state index in [1.165, 1.54) is 35.8 Å². The van der Waals surface area contributed by atoms with E-state index in [0.29, 0.717) is 0 Å². The molecule has 0 aromatic heterocycles. The van der Waals surface area contributed by atoms with Crippen LogP contribution < -0.4 is 0 Å². The molecule has 0 N–H and O–H groups in total. The zero-order valence-corrected chi connectivity index (χ0v) is 22.8. The molecule has 0 atom stereocenters. The summed E-state index contributed by atoms with van der Waals surface area (Å²) in [6.45, 7) is 0. The van der Waals surface area contributed by atoms with Gasteiger partial charge in [-0.25, -0.2) is 0 Å². The zero-order chi connectivity index (χ0) is 12.9. The van der Waals surface area contributed by atoms with Gasteiger partial charge in [-0.3, -0.25) is 0 Å². The van der Waals surface area contributed by atoms with Gasteiger partial charge in [-0.2, -0.15) is 0 Å². The predicted molar refractivity (Wildman–Crippen MR) is 133 cm³/mol. The lowest BCUT2D eigenvalue weighted by Crippen LogP contribution is -1.99. The lowest BCUT2D eigenvalue weighted by Gasteiger charge is -2.14. The second-order valence-corrected chi connectivity index (χ2v) is 10.9. The van der Waals surface area contributed by atoms with Gasteiger partial charge in [-0.05, 0) is 164 Å². The lowest BCUT2D eigenvalue weighted by atomic mass is 10.1. The Kier molecular flexibility index (Phi) is 7.00. The molecule has 0 heterocycles. The van der Waals surface area contributed by atoms with Gasteiger partial charge in [-0.1, -0.05) is 0 Å². The molecule has 0 nitrogen and oxygen atoms in total. The number of fused-ring (bicyclic) bond motifs is 1. The Balaban J connectivity index is 3.17. The molecule has 0 fully saturated rings. The number of rotatable bonds is 0. The zero-order valence-electron chi connectivity index (χ0n) is 7.72. The fourth-order valence-electron chi connectivity index (χ4n) is 1.43. The standard InChI is InChI=1S/C10HI7/c11-2-1-3(12)6(13)5-4(2)7(14)9(16)10(17)8(5)15/h1H. The summed E-state index contributed by atoms with van der Waals surface area (Å²) in [5.74, 6) is 0. The average molecular weight is 1010 g/mol. The summed E-state index contributed by atoms with van der Waals surface area (Å²) in [5.41, 5.74) is 0. The number of halogens is 7. The van der Waals surface area contributed by atoms with Crippen molar-refractivity contribution in [3.05, 3.63) is 31.1 Å². The van der Waals surface area contributed by atoms with E-state index in [4.69, 9.17) is 0 Å². The van der Waals surface area contributed by atoms with Crippen LogP contribution in [0, 0.1) is 25.0 Å². The molecular weight excluding hydrogens is 1010 g/mol. The Morgan fingerprint density at radius 1 is 0.471 bits per heavy atom. The molecule has 0 aliphatic heterocycles. The van der Waals surface area contributed by atoms with Crippen molar-refractivity contribution in [1.82, 2.24) is 0 Å². The molecule has 2 aromatic carbocycles.